The molecule has 0 N–H and O–H groups in total. The van der Waals surface area contributed by atoms with Gasteiger partial charge in [0.05, 0.1) is 0 Å². The summed E-state index contributed by atoms with van der Waals surface area (Å²) < 4.78 is 0. The highest BCUT2D eigenvalue weighted by atomic mass is 14.2. The molecule has 0 heterocycles. The van der Waals surface area contributed by atoms with Crippen molar-refractivity contribution in [1.29, 1.82) is 0 Å². The van der Waals surface area contributed by atoms with Crippen LogP contribution in [0, 0.1) is 5.92 Å². The fourth-order valence-electron chi connectivity index (χ4n) is 3.41. The van der Waals surface area contributed by atoms with Gasteiger partial charge >= 0.3 is 0 Å². The normalized spacial score (nSPS) is 18.0. The first-order valence-electron chi connectivity index (χ1n) is 8.71. The minimum Gasteiger partial charge on any atom is -0.0804 e. The second kappa shape index (κ2) is 7.45. The maximum absolute atomic E-state index is 2.49. The van der Waals surface area contributed by atoms with Crippen LogP contribution in [0.4, 0.5) is 0 Å². The second-order valence-corrected chi connectivity index (χ2v) is 6.46. The molecule has 0 fully saturated rings. The zero-order chi connectivity index (χ0) is 15.2. The number of hydrogen-bond donors (Lipinski definition) is 0. The molecule has 1 unspecified atom stereocenters. The van der Waals surface area contributed by atoms with E-state index in [-0.39, 0.29) is 0 Å². The predicted octanol–water partition coefficient (Wildman–Crippen LogP) is 6.73. The van der Waals surface area contributed by atoms with Gasteiger partial charge in [-0.1, -0.05) is 86.9 Å². The molecular weight excluding hydrogens is 264 g/mol. The van der Waals surface area contributed by atoms with Gasteiger partial charge in [0.1, 0.15) is 0 Å². The van der Waals surface area contributed by atoms with E-state index in [1.807, 2.05) is 0 Å². The first kappa shape index (κ1) is 15.1. The molecule has 0 aliphatic heterocycles. The van der Waals surface area contributed by atoms with Gasteiger partial charge in [-0.2, -0.15) is 0 Å². The van der Waals surface area contributed by atoms with Crippen LogP contribution < -0.4 is 0 Å². The Morgan fingerprint density at radius 1 is 0.864 bits per heavy atom. The van der Waals surface area contributed by atoms with Crippen LogP contribution in [0.1, 0.15) is 51.0 Å². The van der Waals surface area contributed by atoms with Crippen LogP contribution in [0.2, 0.25) is 0 Å². The van der Waals surface area contributed by atoms with E-state index in [0.29, 0.717) is 0 Å². The largest absolute Gasteiger partial charge is 0.0804 e. The van der Waals surface area contributed by atoms with Gasteiger partial charge in [0.2, 0.25) is 0 Å². The molecule has 0 saturated carbocycles. The Bertz CT molecular complexity index is 604. The summed E-state index contributed by atoms with van der Waals surface area (Å²) in [5.41, 5.74) is 5.56. The zero-order valence-corrected chi connectivity index (χ0v) is 13.6. The summed E-state index contributed by atoms with van der Waals surface area (Å²) in [7, 11) is 0. The molecule has 1 aliphatic carbocycles. The number of allylic oxidation sites excluding steroid dienone is 2. The molecule has 0 aromatic heterocycles. The molecule has 22 heavy (non-hydrogen) atoms. The molecule has 0 bridgehead atoms. The molecule has 1 atom stereocenters. The van der Waals surface area contributed by atoms with E-state index in [1.165, 1.54) is 55.2 Å². The Labute approximate surface area is 134 Å². The minimum absolute atomic E-state index is 0.923. The van der Waals surface area contributed by atoms with Crippen molar-refractivity contribution in [3.63, 3.8) is 0 Å². The van der Waals surface area contributed by atoms with Crippen molar-refractivity contribution in [3.05, 3.63) is 66.2 Å². The minimum atomic E-state index is 0.923. The molecule has 114 valence electrons. The van der Waals surface area contributed by atoms with Crippen LogP contribution in [0.15, 0.2) is 60.7 Å². The molecule has 0 nitrogen and oxygen atoms in total. The quantitative estimate of drug-likeness (QED) is 0.573. The lowest BCUT2D eigenvalue weighted by Gasteiger charge is -2.22. The van der Waals surface area contributed by atoms with Crippen molar-refractivity contribution >= 4 is 5.57 Å². The Morgan fingerprint density at radius 3 is 2.18 bits per heavy atom. The number of hydrogen-bond acceptors (Lipinski definition) is 0. The molecule has 0 heteroatoms. The first-order valence-corrected chi connectivity index (χ1v) is 8.71. The molecule has 0 saturated heterocycles. The highest BCUT2D eigenvalue weighted by Gasteiger charge is 2.14. The predicted molar refractivity (Wildman–Crippen MR) is 96.7 cm³/mol. The van der Waals surface area contributed by atoms with Gasteiger partial charge in [0.25, 0.3) is 0 Å². The van der Waals surface area contributed by atoms with Gasteiger partial charge in [0, 0.05) is 0 Å². The summed E-state index contributed by atoms with van der Waals surface area (Å²) in [5, 5.41) is 0. The van der Waals surface area contributed by atoms with Gasteiger partial charge in [-0.05, 0) is 47.4 Å². The fourth-order valence-corrected chi connectivity index (χ4v) is 3.41. The van der Waals surface area contributed by atoms with Crippen LogP contribution in [0.25, 0.3) is 16.7 Å². The van der Waals surface area contributed by atoms with Crippen molar-refractivity contribution in [2.45, 2.75) is 45.4 Å². The molecule has 0 radical (unpaired) electrons. The lowest BCUT2D eigenvalue weighted by molar-refractivity contribution is 0.434. The Kier molecular flexibility index (Phi) is 5.11. The summed E-state index contributed by atoms with van der Waals surface area (Å²) in [6, 6.07) is 19.7. The van der Waals surface area contributed by atoms with Crippen LogP contribution in [-0.4, -0.2) is 0 Å². The molecule has 0 amide bonds. The second-order valence-electron chi connectivity index (χ2n) is 6.46. The topological polar surface area (TPSA) is 0 Å². The summed E-state index contributed by atoms with van der Waals surface area (Å²) in [4.78, 5) is 0. The zero-order valence-electron chi connectivity index (χ0n) is 13.6. The van der Waals surface area contributed by atoms with Gasteiger partial charge < -0.3 is 0 Å². The van der Waals surface area contributed by atoms with Crippen molar-refractivity contribution in [2.24, 2.45) is 5.92 Å². The van der Waals surface area contributed by atoms with E-state index in [1.54, 1.807) is 5.57 Å². The number of benzene rings is 2. The highest BCUT2D eigenvalue weighted by Crippen LogP contribution is 2.33. The smallest absolute Gasteiger partial charge is 0.0184 e. The molecule has 2 aromatic rings. The maximum atomic E-state index is 2.49. The van der Waals surface area contributed by atoms with E-state index in [4.69, 9.17) is 0 Å². The standard InChI is InChI=1S/C22H26/c1-2-3-7-18-10-12-20(13-11-18)22-16-14-21(15-17-22)19-8-5-4-6-9-19/h4-6,8-9,12,14-18H,2-3,7,10-11,13H2,1H3. The number of rotatable bonds is 5. The third kappa shape index (κ3) is 3.68. The highest BCUT2D eigenvalue weighted by molar-refractivity contribution is 5.70. The maximum Gasteiger partial charge on any atom is -0.0184 e. The summed E-state index contributed by atoms with van der Waals surface area (Å²) in [5.74, 6) is 0.923. The summed E-state index contributed by atoms with van der Waals surface area (Å²) in [6.07, 6.45) is 10.5. The average molecular weight is 290 g/mol. The van der Waals surface area contributed by atoms with Gasteiger partial charge in [0.15, 0.2) is 0 Å². The molecule has 0 spiro atoms. The van der Waals surface area contributed by atoms with Crippen LogP contribution in [-0.2, 0) is 0 Å². The van der Waals surface area contributed by atoms with E-state index >= 15 is 0 Å². The Hall–Kier alpha value is -1.82. The molecular formula is C22H26. The van der Waals surface area contributed by atoms with Crippen LogP contribution in [0.5, 0.6) is 0 Å². The monoisotopic (exact) mass is 290 g/mol. The fraction of sp³-hybridized carbons (Fsp3) is 0.364. The van der Waals surface area contributed by atoms with Gasteiger partial charge in [-0.3, -0.25) is 0 Å². The molecule has 2 aromatic carbocycles. The van der Waals surface area contributed by atoms with E-state index in [2.05, 4.69) is 67.6 Å². The number of unbranched alkanes of at least 4 members (excludes halogenated alkanes) is 1. The van der Waals surface area contributed by atoms with Crippen molar-refractivity contribution in [3.8, 4) is 11.1 Å². The third-order valence-corrected chi connectivity index (χ3v) is 4.85. The van der Waals surface area contributed by atoms with E-state index in [9.17, 15) is 0 Å². The third-order valence-electron chi connectivity index (χ3n) is 4.85. The lowest BCUT2D eigenvalue weighted by Crippen LogP contribution is -2.05. The van der Waals surface area contributed by atoms with Crippen molar-refractivity contribution in [1.82, 2.24) is 0 Å². The van der Waals surface area contributed by atoms with Crippen LogP contribution >= 0.6 is 0 Å². The average Bonchev–Trinajstić information content (AvgIpc) is 2.61. The van der Waals surface area contributed by atoms with Crippen molar-refractivity contribution in [2.75, 3.05) is 0 Å². The van der Waals surface area contributed by atoms with Crippen LogP contribution in [0.3, 0.4) is 0 Å². The van der Waals surface area contributed by atoms with E-state index < -0.39 is 0 Å². The summed E-state index contributed by atoms with van der Waals surface area (Å²) in [6.45, 7) is 2.29. The Balaban J connectivity index is 1.68. The van der Waals surface area contributed by atoms with Crippen molar-refractivity contribution < 1.29 is 0 Å². The lowest BCUT2D eigenvalue weighted by atomic mass is 9.84. The molecule has 1 aliphatic rings. The molecule has 3 rings (SSSR count). The SMILES string of the molecule is CCCCC1CC=C(c2ccc(-c3ccccc3)cc2)CC1. The van der Waals surface area contributed by atoms with E-state index in [0.717, 1.165) is 5.92 Å². The summed E-state index contributed by atoms with van der Waals surface area (Å²) >= 11 is 0. The van der Waals surface area contributed by atoms with Gasteiger partial charge in [-0.15, -0.1) is 0 Å². The Morgan fingerprint density at radius 2 is 1.55 bits per heavy atom. The van der Waals surface area contributed by atoms with Gasteiger partial charge in [-0.25, -0.2) is 0 Å². The first-order chi connectivity index (χ1) is 10.9.